The van der Waals surface area contributed by atoms with Crippen LogP contribution in [0.5, 0.6) is 0 Å². The van der Waals surface area contributed by atoms with Crippen molar-refractivity contribution in [3.63, 3.8) is 0 Å². The molecule has 0 amide bonds. The summed E-state index contributed by atoms with van der Waals surface area (Å²) in [4.78, 5) is 4.03. The molecule has 0 aliphatic carbocycles. The van der Waals surface area contributed by atoms with Gasteiger partial charge < -0.3 is 15.4 Å². The molecule has 1 saturated heterocycles. The Bertz CT molecular complexity index is 423. The molecular formula is C13H29IN4O3S. The van der Waals surface area contributed by atoms with Gasteiger partial charge in [-0.15, -0.1) is 24.0 Å². The Hall–Kier alpha value is -0.130. The molecule has 0 bridgehead atoms. The molecule has 1 heterocycles. The van der Waals surface area contributed by atoms with Crippen LogP contribution in [0.3, 0.4) is 0 Å². The van der Waals surface area contributed by atoms with E-state index >= 15 is 0 Å². The molecule has 1 unspecified atom stereocenters. The third-order valence-electron chi connectivity index (χ3n) is 3.12. The molecule has 0 spiro atoms. The van der Waals surface area contributed by atoms with E-state index in [4.69, 9.17) is 4.74 Å². The van der Waals surface area contributed by atoms with Gasteiger partial charge in [-0.05, 0) is 33.1 Å². The summed E-state index contributed by atoms with van der Waals surface area (Å²) in [6.07, 6.45) is 3.10. The van der Waals surface area contributed by atoms with E-state index < -0.39 is 10.0 Å². The maximum Gasteiger partial charge on any atom is 0.213 e. The summed E-state index contributed by atoms with van der Waals surface area (Å²) in [5, 5.41) is 6.09. The van der Waals surface area contributed by atoms with Crippen LogP contribution in [0.2, 0.25) is 0 Å². The Morgan fingerprint density at radius 1 is 1.36 bits per heavy atom. The van der Waals surface area contributed by atoms with Crippen LogP contribution in [0.1, 0.15) is 33.1 Å². The van der Waals surface area contributed by atoms with Gasteiger partial charge in [-0.3, -0.25) is 4.99 Å². The summed E-state index contributed by atoms with van der Waals surface area (Å²) in [5.74, 6) is 0.620. The number of sulfonamides is 1. The van der Waals surface area contributed by atoms with Crippen molar-refractivity contribution in [3.05, 3.63) is 0 Å². The van der Waals surface area contributed by atoms with Crippen LogP contribution in [0.25, 0.3) is 0 Å². The van der Waals surface area contributed by atoms with Crippen molar-refractivity contribution in [2.75, 3.05) is 32.5 Å². The molecule has 0 aromatic heterocycles. The average Bonchev–Trinajstić information content (AvgIpc) is 2.45. The lowest BCUT2D eigenvalue weighted by Crippen LogP contribution is -2.44. The molecule has 1 fully saturated rings. The van der Waals surface area contributed by atoms with Crippen LogP contribution in [0.4, 0.5) is 0 Å². The van der Waals surface area contributed by atoms with Gasteiger partial charge in [-0.2, -0.15) is 0 Å². The second kappa shape index (κ2) is 11.4. The Labute approximate surface area is 151 Å². The highest BCUT2D eigenvalue weighted by Crippen LogP contribution is 2.11. The van der Waals surface area contributed by atoms with Crippen molar-refractivity contribution in [3.8, 4) is 0 Å². The molecule has 1 aliphatic rings. The van der Waals surface area contributed by atoms with Gasteiger partial charge in [0.2, 0.25) is 10.0 Å². The fraction of sp³-hybridized carbons (Fsp3) is 0.923. The van der Waals surface area contributed by atoms with E-state index in [0.717, 1.165) is 25.9 Å². The van der Waals surface area contributed by atoms with E-state index in [1.54, 1.807) is 7.05 Å². The maximum atomic E-state index is 11.9. The fourth-order valence-corrected chi connectivity index (χ4v) is 2.99. The third-order valence-corrected chi connectivity index (χ3v) is 4.47. The summed E-state index contributed by atoms with van der Waals surface area (Å²) in [6.45, 7) is 5.39. The largest absolute Gasteiger partial charge is 0.377 e. The molecule has 0 saturated carbocycles. The molecule has 0 radical (unpaired) electrons. The number of nitrogens with zero attached hydrogens (tertiary/aromatic N) is 1. The van der Waals surface area contributed by atoms with Gasteiger partial charge in [0, 0.05) is 32.8 Å². The zero-order valence-electron chi connectivity index (χ0n) is 13.6. The minimum atomic E-state index is -3.29. The monoisotopic (exact) mass is 448 g/mol. The molecule has 7 nitrogen and oxygen atoms in total. The summed E-state index contributed by atoms with van der Waals surface area (Å²) < 4.78 is 31.9. The third kappa shape index (κ3) is 9.80. The topological polar surface area (TPSA) is 91.8 Å². The lowest BCUT2D eigenvalue weighted by atomic mass is 10.1. The first kappa shape index (κ1) is 21.9. The van der Waals surface area contributed by atoms with Crippen LogP contribution in [-0.2, 0) is 14.8 Å². The number of halogens is 1. The highest BCUT2D eigenvalue weighted by molar-refractivity contribution is 14.0. The highest BCUT2D eigenvalue weighted by atomic mass is 127. The minimum absolute atomic E-state index is 0. The second-order valence-corrected chi connectivity index (χ2v) is 7.38. The Balaban J connectivity index is 0.00000441. The minimum Gasteiger partial charge on any atom is -0.377 e. The molecule has 1 atom stereocenters. The van der Waals surface area contributed by atoms with Gasteiger partial charge in [0.15, 0.2) is 5.96 Å². The number of rotatable bonds is 7. The van der Waals surface area contributed by atoms with Gasteiger partial charge in [0.25, 0.3) is 0 Å². The van der Waals surface area contributed by atoms with E-state index in [0.29, 0.717) is 19.0 Å². The Kier molecular flexibility index (Phi) is 11.3. The smallest absolute Gasteiger partial charge is 0.213 e. The molecule has 1 rings (SSSR count). The van der Waals surface area contributed by atoms with Crippen molar-refractivity contribution in [2.24, 2.45) is 4.99 Å². The first-order chi connectivity index (χ1) is 9.93. The zero-order chi connectivity index (χ0) is 15.7. The van der Waals surface area contributed by atoms with Crippen molar-refractivity contribution in [2.45, 2.75) is 45.3 Å². The van der Waals surface area contributed by atoms with E-state index in [2.05, 4.69) is 20.3 Å². The predicted molar refractivity (Wildman–Crippen MR) is 100 cm³/mol. The van der Waals surface area contributed by atoms with Crippen molar-refractivity contribution >= 4 is 40.0 Å². The summed E-state index contributed by atoms with van der Waals surface area (Å²) in [5.41, 5.74) is 0. The molecule has 22 heavy (non-hydrogen) atoms. The van der Waals surface area contributed by atoms with E-state index in [1.165, 1.54) is 0 Å². The van der Waals surface area contributed by atoms with E-state index in [1.807, 2.05) is 13.8 Å². The first-order valence-electron chi connectivity index (χ1n) is 7.49. The average molecular weight is 448 g/mol. The number of nitrogens with one attached hydrogen (secondary N) is 3. The van der Waals surface area contributed by atoms with Crippen LogP contribution in [-0.4, -0.2) is 59.0 Å². The Morgan fingerprint density at radius 3 is 2.64 bits per heavy atom. The van der Waals surface area contributed by atoms with Crippen LogP contribution < -0.4 is 15.4 Å². The number of hydrogen-bond donors (Lipinski definition) is 3. The summed E-state index contributed by atoms with van der Waals surface area (Å²) >= 11 is 0. The first-order valence-corrected chi connectivity index (χ1v) is 9.14. The van der Waals surface area contributed by atoms with E-state index in [9.17, 15) is 8.42 Å². The maximum absolute atomic E-state index is 11.9. The van der Waals surface area contributed by atoms with Gasteiger partial charge >= 0.3 is 0 Å². The molecule has 0 aromatic rings. The fourth-order valence-electron chi connectivity index (χ4n) is 2.03. The van der Waals surface area contributed by atoms with Crippen molar-refractivity contribution < 1.29 is 13.2 Å². The van der Waals surface area contributed by atoms with Crippen LogP contribution >= 0.6 is 24.0 Å². The normalized spacial score (nSPS) is 19.6. The molecule has 3 N–H and O–H groups in total. The predicted octanol–water partition coefficient (Wildman–Crippen LogP) is 0.666. The molecule has 0 aromatic carbocycles. The lowest BCUT2D eigenvalue weighted by molar-refractivity contribution is 0.0200. The number of guanidine groups is 1. The summed E-state index contributed by atoms with van der Waals surface area (Å²) in [6, 6.07) is 0.245. The van der Waals surface area contributed by atoms with Gasteiger partial charge in [-0.25, -0.2) is 13.1 Å². The zero-order valence-corrected chi connectivity index (χ0v) is 16.7. The SMILES string of the molecule is CN=C(NCCS(=O)(=O)NCC1CCCCO1)NC(C)C.I. The van der Waals surface area contributed by atoms with E-state index in [-0.39, 0.29) is 41.9 Å². The quantitative estimate of drug-likeness (QED) is 0.303. The number of ether oxygens (including phenoxy) is 1. The standard InChI is InChI=1S/C13H28N4O3S.HI/c1-11(2)17-13(14-3)15-7-9-21(18,19)16-10-12-6-4-5-8-20-12;/h11-12,16H,4-10H2,1-3H3,(H2,14,15,17);1H. The molecule has 132 valence electrons. The van der Waals surface area contributed by atoms with Gasteiger partial charge in [0.05, 0.1) is 11.9 Å². The number of aliphatic imine (C=N–C) groups is 1. The van der Waals surface area contributed by atoms with Crippen LogP contribution in [0, 0.1) is 0 Å². The van der Waals surface area contributed by atoms with Gasteiger partial charge in [0.1, 0.15) is 0 Å². The Morgan fingerprint density at radius 2 is 2.09 bits per heavy atom. The summed E-state index contributed by atoms with van der Waals surface area (Å²) in [7, 11) is -1.63. The molecule has 9 heteroatoms. The second-order valence-electron chi connectivity index (χ2n) is 5.45. The van der Waals surface area contributed by atoms with Crippen molar-refractivity contribution in [1.82, 2.24) is 15.4 Å². The van der Waals surface area contributed by atoms with Crippen LogP contribution in [0.15, 0.2) is 4.99 Å². The molecule has 1 aliphatic heterocycles. The van der Waals surface area contributed by atoms with Crippen molar-refractivity contribution in [1.29, 1.82) is 0 Å². The molecular weight excluding hydrogens is 419 g/mol. The number of hydrogen-bond acceptors (Lipinski definition) is 4. The highest BCUT2D eigenvalue weighted by Gasteiger charge is 2.17. The lowest BCUT2D eigenvalue weighted by Gasteiger charge is -2.22. The van der Waals surface area contributed by atoms with Gasteiger partial charge in [-0.1, -0.05) is 0 Å².